The van der Waals surface area contributed by atoms with E-state index in [-0.39, 0.29) is 17.4 Å². The first-order valence-corrected chi connectivity index (χ1v) is 10.3. The first kappa shape index (κ1) is 21.0. The van der Waals surface area contributed by atoms with Gasteiger partial charge in [0, 0.05) is 5.41 Å². The van der Waals surface area contributed by atoms with E-state index in [9.17, 15) is 21.6 Å². The van der Waals surface area contributed by atoms with Gasteiger partial charge >= 0.3 is 6.18 Å². The van der Waals surface area contributed by atoms with Crippen molar-refractivity contribution in [1.29, 1.82) is 0 Å². The molecule has 2 heterocycles. The molecule has 0 amide bonds. The summed E-state index contributed by atoms with van der Waals surface area (Å²) in [6, 6.07) is 8.14. The van der Waals surface area contributed by atoms with E-state index in [4.69, 9.17) is 4.52 Å². The highest BCUT2D eigenvalue weighted by atomic mass is 32.2. The van der Waals surface area contributed by atoms with Crippen molar-refractivity contribution < 1.29 is 26.1 Å². The van der Waals surface area contributed by atoms with E-state index < -0.39 is 38.9 Å². The number of hydrogen-bond acceptors (Lipinski definition) is 6. The molecule has 3 rings (SSSR count). The molecule has 0 radical (unpaired) electrons. The Labute approximate surface area is 165 Å². The molecule has 0 aliphatic carbocycles. The predicted molar refractivity (Wildman–Crippen MR) is 97.6 cm³/mol. The first-order chi connectivity index (χ1) is 13.4. The minimum Gasteiger partial charge on any atom is -0.339 e. The Hall–Kier alpha value is -2.69. The van der Waals surface area contributed by atoms with Crippen LogP contribution in [0.2, 0.25) is 0 Å². The summed E-state index contributed by atoms with van der Waals surface area (Å²) in [5.74, 6) is -0.639. The van der Waals surface area contributed by atoms with E-state index in [1.165, 1.54) is 0 Å². The Balaban J connectivity index is 2.02. The highest BCUT2D eigenvalue weighted by molar-refractivity contribution is 7.90. The fraction of sp³-hybridized carbons (Fsp3) is 0.389. The van der Waals surface area contributed by atoms with Gasteiger partial charge < -0.3 is 9.09 Å². The molecule has 0 fully saturated rings. The van der Waals surface area contributed by atoms with Crippen LogP contribution >= 0.6 is 0 Å². The van der Waals surface area contributed by atoms with Gasteiger partial charge in [0.1, 0.15) is 12.3 Å². The molecule has 0 atom stereocenters. The number of imidazole rings is 1. The fourth-order valence-electron chi connectivity index (χ4n) is 2.63. The lowest BCUT2D eigenvalue weighted by atomic mass is 9.97. The third-order valence-electron chi connectivity index (χ3n) is 3.93. The average molecular weight is 428 g/mol. The molecule has 1 aromatic carbocycles. The van der Waals surface area contributed by atoms with Crippen LogP contribution in [-0.4, -0.2) is 34.3 Å². The van der Waals surface area contributed by atoms with Crippen LogP contribution in [0.3, 0.4) is 0 Å². The summed E-state index contributed by atoms with van der Waals surface area (Å²) in [6.45, 7) is 3.92. The quantitative estimate of drug-likeness (QED) is 0.615. The standard InChI is InChI=1S/C18H19F3N4O3S/c1-17(2,3)15-23-14(24-28-15)10-29(26,27)16-22-9-13(12-7-5-4-6-8-12)25(16)11-18(19,20)21/h4-9H,10-11H2,1-3H3. The SMILES string of the molecule is CC(C)(C)c1nc(CS(=O)(=O)c2ncc(-c3ccccc3)n2CC(F)(F)F)no1. The van der Waals surface area contributed by atoms with E-state index in [1.54, 1.807) is 51.1 Å². The van der Waals surface area contributed by atoms with Crippen molar-refractivity contribution in [3.05, 3.63) is 48.2 Å². The third kappa shape index (κ3) is 4.84. The Morgan fingerprint density at radius 1 is 1.10 bits per heavy atom. The van der Waals surface area contributed by atoms with Gasteiger partial charge in [-0.2, -0.15) is 18.2 Å². The zero-order valence-corrected chi connectivity index (χ0v) is 16.8. The molecule has 156 valence electrons. The number of halogens is 3. The van der Waals surface area contributed by atoms with Crippen LogP contribution in [-0.2, 0) is 27.5 Å². The topological polar surface area (TPSA) is 90.9 Å². The Morgan fingerprint density at radius 2 is 1.76 bits per heavy atom. The van der Waals surface area contributed by atoms with Crippen molar-refractivity contribution in [2.75, 3.05) is 0 Å². The van der Waals surface area contributed by atoms with Gasteiger partial charge in [0.05, 0.1) is 11.9 Å². The lowest BCUT2D eigenvalue weighted by Crippen LogP contribution is -2.23. The van der Waals surface area contributed by atoms with Gasteiger partial charge in [-0.1, -0.05) is 56.3 Å². The smallest absolute Gasteiger partial charge is 0.339 e. The second kappa shape index (κ2) is 7.29. The Bertz CT molecular complexity index is 1100. The van der Waals surface area contributed by atoms with Gasteiger partial charge in [0.2, 0.25) is 20.9 Å². The number of rotatable bonds is 5. The summed E-state index contributed by atoms with van der Waals surface area (Å²) in [5.41, 5.74) is -0.0326. The average Bonchev–Trinajstić information content (AvgIpc) is 3.21. The van der Waals surface area contributed by atoms with Gasteiger partial charge in [-0.25, -0.2) is 13.4 Å². The number of benzene rings is 1. The molecule has 0 bridgehead atoms. The van der Waals surface area contributed by atoms with Crippen LogP contribution in [0.5, 0.6) is 0 Å². The van der Waals surface area contributed by atoms with Crippen molar-refractivity contribution in [1.82, 2.24) is 19.7 Å². The molecular weight excluding hydrogens is 409 g/mol. The monoisotopic (exact) mass is 428 g/mol. The molecule has 7 nitrogen and oxygen atoms in total. The highest BCUT2D eigenvalue weighted by Gasteiger charge is 2.35. The lowest BCUT2D eigenvalue weighted by molar-refractivity contribution is -0.141. The molecule has 0 saturated heterocycles. The van der Waals surface area contributed by atoms with Crippen LogP contribution in [0.4, 0.5) is 13.2 Å². The normalized spacial score (nSPS) is 13.0. The van der Waals surface area contributed by atoms with Gasteiger partial charge in [-0.3, -0.25) is 0 Å². The van der Waals surface area contributed by atoms with Crippen molar-refractivity contribution in [3.63, 3.8) is 0 Å². The van der Waals surface area contributed by atoms with Gasteiger partial charge in [0.15, 0.2) is 5.82 Å². The molecule has 0 spiro atoms. The van der Waals surface area contributed by atoms with Crippen molar-refractivity contribution in [2.24, 2.45) is 0 Å². The molecule has 0 unspecified atom stereocenters. The number of sulfone groups is 1. The van der Waals surface area contributed by atoms with Crippen LogP contribution in [0.1, 0.15) is 32.5 Å². The zero-order chi connectivity index (χ0) is 21.4. The molecule has 0 N–H and O–H groups in total. The van der Waals surface area contributed by atoms with E-state index in [0.29, 0.717) is 10.1 Å². The second-order valence-electron chi connectivity index (χ2n) is 7.52. The molecular formula is C18H19F3N4O3S. The predicted octanol–water partition coefficient (Wildman–Crippen LogP) is 3.77. The third-order valence-corrected chi connectivity index (χ3v) is 5.45. The van der Waals surface area contributed by atoms with Crippen LogP contribution in [0.25, 0.3) is 11.3 Å². The number of nitrogens with zero attached hydrogens (tertiary/aromatic N) is 4. The summed E-state index contributed by atoms with van der Waals surface area (Å²) < 4.78 is 70.9. The van der Waals surface area contributed by atoms with Gasteiger partial charge in [-0.15, -0.1) is 0 Å². The molecule has 0 aliphatic heterocycles. The second-order valence-corrected chi connectivity index (χ2v) is 9.40. The van der Waals surface area contributed by atoms with Crippen molar-refractivity contribution >= 4 is 9.84 Å². The van der Waals surface area contributed by atoms with E-state index in [1.807, 2.05) is 0 Å². The highest BCUT2D eigenvalue weighted by Crippen LogP contribution is 2.29. The maximum Gasteiger partial charge on any atom is 0.406 e. The summed E-state index contributed by atoms with van der Waals surface area (Å²) in [4.78, 5) is 7.83. The minimum absolute atomic E-state index is 0.0463. The fourth-order valence-corrected chi connectivity index (χ4v) is 3.93. The molecule has 29 heavy (non-hydrogen) atoms. The van der Waals surface area contributed by atoms with Crippen LogP contribution < -0.4 is 0 Å². The largest absolute Gasteiger partial charge is 0.406 e. The zero-order valence-electron chi connectivity index (χ0n) is 15.9. The molecule has 0 saturated carbocycles. The molecule has 0 aliphatic rings. The minimum atomic E-state index is -4.64. The van der Waals surface area contributed by atoms with Crippen molar-refractivity contribution in [3.8, 4) is 11.3 Å². The number of alkyl halides is 3. The molecule has 11 heteroatoms. The van der Waals surface area contributed by atoms with E-state index >= 15 is 0 Å². The van der Waals surface area contributed by atoms with E-state index in [2.05, 4.69) is 15.1 Å². The van der Waals surface area contributed by atoms with Crippen molar-refractivity contribution in [2.45, 2.75) is 49.8 Å². The summed E-state index contributed by atoms with van der Waals surface area (Å²) in [5, 5.41) is 2.94. The summed E-state index contributed by atoms with van der Waals surface area (Å²) >= 11 is 0. The van der Waals surface area contributed by atoms with Crippen LogP contribution in [0, 0.1) is 0 Å². The summed E-state index contributed by atoms with van der Waals surface area (Å²) in [7, 11) is -4.27. The van der Waals surface area contributed by atoms with E-state index in [0.717, 1.165) is 6.20 Å². The van der Waals surface area contributed by atoms with Gasteiger partial charge in [0.25, 0.3) is 0 Å². The molecule has 2 aromatic heterocycles. The molecule has 3 aromatic rings. The first-order valence-electron chi connectivity index (χ1n) is 8.60. The summed E-state index contributed by atoms with van der Waals surface area (Å²) in [6.07, 6.45) is -3.52. The lowest BCUT2D eigenvalue weighted by Gasteiger charge is -2.14. The van der Waals surface area contributed by atoms with Crippen LogP contribution in [0.15, 0.2) is 46.2 Å². The Kier molecular flexibility index (Phi) is 5.28. The number of hydrogen-bond donors (Lipinski definition) is 0. The Morgan fingerprint density at radius 3 is 2.31 bits per heavy atom. The maximum absolute atomic E-state index is 13.2. The number of aromatic nitrogens is 4. The van der Waals surface area contributed by atoms with Gasteiger partial charge in [-0.05, 0) is 5.56 Å². The maximum atomic E-state index is 13.2.